The van der Waals surface area contributed by atoms with E-state index in [0.717, 1.165) is 73.6 Å². The molecule has 4 aromatic carbocycles. The van der Waals surface area contributed by atoms with Gasteiger partial charge in [0.1, 0.15) is 11.4 Å². The Hall–Kier alpha value is -3.82. The molecule has 0 N–H and O–H groups in total. The number of benzene rings is 4. The van der Waals surface area contributed by atoms with Crippen molar-refractivity contribution < 1.29 is 8.78 Å². The molecule has 0 bridgehead atoms. The third kappa shape index (κ3) is 3.60. The molecule has 0 radical (unpaired) electrons. The summed E-state index contributed by atoms with van der Waals surface area (Å²) in [5.74, 6) is 0. The Balaban J connectivity index is 1.07. The molecule has 0 spiro atoms. The molecule has 190 valence electrons. The van der Waals surface area contributed by atoms with Gasteiger partial charge in [0.05, 0.1) is 9.75 Å². The Bertz CT molecular complexity index is 2150. The van der Waals surface area contributed by atoms with E-state index in [1.165, 1.54) is 32.1 Å². The molecule has 0 saturated heterocycles. The average molecular weight is 593 g/mol. The van der Waals surface area contributed by atoms with Crippen LogP contribution in [0.15, 0.2) is 84.9 Å². The van der Waals surface area contributed by atoms with Crippen molar-refractivity contribution in [1.82, 2.24) is 10.2 Å². The van der Waals surface area contributed by atoms with E-state index < -0.39 is 0 Å². The van der Waals surface area contributed by atoms with E-state index in [1.807, 2.05) is 12.1 Å². The Morgan fingerprint density at radius 2 is 0.725 bits per heavy atom. The summed E-state index contributed by atoms with van der Waals surface area (Å²) in [5.41, 5.74) is 1.69. The van der Waals surface area contributed by atoms with Crippen molar-refractivity contribution in [3.63, 3.8) is 0 Å². The molecule has 0 unspecified atom stereocenters. The first-order chi connectivity index (χ1) is 19.5. The highest BCUT2D eigenvalue weighted by Gasteiger charge is 2.13. The van der Waals surface area contributed by atoms with Crippen molar-refractivity contribution in [1.29, 1.82) is 0 Å². The third-order valence-corrected chi connectivity index (χ3v) is 11.3. The van der Waals surface area contributed by atoms with Crippen LogP contribution in [-0.4, -0.2) is 10.2 Å². The zero-order valence-electron chi connectivity index (χ0n) is 20.4. The molecule has 8 heteroatoms. The zero-order valence-corrected chi connectivity index (χ0v) is 23.6. The Labute approximate surface area is 241 Å². The molecule has 0 aliphatic rings. The van der Waals surface area contributed by atoms with E-state index in [-0.39, 0.29) is 10.3 Å². The summed E-state index contributed by atoms with van der Waals surface area (Å²) in [7, 11) is 0. The van der Waals surface area contributed by atoms with Crippen LogP contribution in [0, 0.1) is 10.3 Å². The van der Waals surface area contributed by atoms with Crippen molar-refractivity contribution in [3.8, 4) is 21.1 Å². The molecule has 5 aromatic heterocycles. The number of rotatable bonds is 2. The lowest BCUT2D eigenvalue weighted by Gasteiger charge is -1.99. The molecule has 9 rings (SSSR count). The van der Waals surface area contributed by atoms with Crippen LogP contribution in [0.3, 0.4) is 0 Å². The molecule has 0 fully saturated rings. The molecular weight excluding hydrogens is 579 g/mol. The van der Waals surface area contributed by atoms with Crippen LogP contribution in [0.2, 0.25) is 0 Å². The first kappa shape index (κ1) is 22.9. The van der Waals surface area contributed by atoms with Crippen LogP contribution < -0.4 is 0 Å². The summed E-state index contributed by atoms with van der Waals surface area (Å²) in [6, 6.07) is 28.6. The topological polar surface area (TPSA) is 25.8 Å². The van der Waals surface area contributed by atoms with Gasteiger partial charge in [-0.15, -0.1) is 55.5 Å². The maximum atomic E-state index is 13.7. The SMILES string of the molecule is Fc1cc2cc3cc4sc(-c5ccc(-c6cc7cc8cc9sc(F)cc9cc8cc7s6)nn5)cc4cc3cc2s1. The van der Waals surface area contributed by atoms with Crippen molar-refractivity contribution in [3.05, 3.63) is 95.2 Å². The normalized spacial score (nSPS) is 12.2. The Kier molecular flexibility index (Phi) is 4.79. The highest BCUT2D eigenvalue weighted by molar-refractivity contribution is 7.22. The molecule has 40 heavy (non-hydrogen) atoms. The monoisotopic (exact) mass is 592 g/mol. The van der Waals surface area contributed by atoms with Gasteiger partial charge >= 0.3 is 0 Å². The van der Waals surface area contributed by atoms with Gasteiger partial charge in [-0.25, -0.2) is 0 Å². The number of thiophene rings is 4. The number of halogens is 2. The zero-order chi connectivity index (χ0) is 26.5. The van der Waals surface area contributed by atoms with Gasteiger partial charge in [-0.2, -0.15) is 8.78 Å². The quantitative estimate of drug-likeness (QED) is 0.200. The lowest BCUT2D eigenvalue weighted by atomic mass is 10.1. The highest BCUT2D eigenvalue weighted by Crippen LogP contribution is 2.39. The molecule has 0 saturated carbocycles. The smallest absolute Gasteiger partial charge is 0.177 e. The van der Waals surface area contributed by atoms with E-state index in [1.54, 1.807) is 34.8 Å². The predicted molar refractivity (Wildman–Crippen MR) is 169 cm³/mol. The molecule has 0 atom stereocenters. The number of aromatic nitrogens is 2. The van der Waals surface area contributed by atoms with Gasteiger partial charge in [-0.3, -0.25) is 0 Å². The predicted octanol–water partition coefficient (Wildman–Crippen LogP) is 11.3. The minimum atomic E-state index is -0.154. The first-order valence-electron chi connectivity index (χ1n) is 12.5. The fourth-order valence-electron chi connectivity index (χ4n) is 5.43. The van der Waals surface area contributed by atoms with Crippen LogP contribution in [0.4, 0.5) is 8.78 Å². The lowest BCUT2D eigenvalue weighted by Crippen LogP contribution is -1.87. The van der Waals surface area contributed by atoms with E-state index in [4.69, 9.17) is 0 Å². The molecule has 0 aliphatic heterocycles. The number of hydrogen-bond donors (Lipinski definition) is 0. The summed E-state index contributed by atoms with van der Waals surface area (Å²) in [6.45, 7) is 0. The number of nitrogens with zero attached hydrogens (tertiary/aromatic N) is 2. The summed E-state index contributed by atoms with van der Waals surface area (Å²) in [6.07, 6.45) is 0. The van der Waals surface area contributed by atoms with E-state index in [2.05, 4.69) is 70.9 Å². The Morgan fingerprint density at radius 1 is 0.375 bits per heavy atom. The minimum Gasteiger partial charge on any atom is -0.195 e. The second-order valence-electron chi connectivity index (χ2n) is 9.88. The van der Waals surface area contributed by atoms with E-state index in [9.17, 15) is 8.78 Å². The second-order valence-corrected chi connectivity index (χ2v) is 14.1. The lowest BCUT2D eigenvalue weighted by molar-refractivity contribution is 0.658. The molecule has 2 nitrogen and oxygen atoms in total. The summed E-state index contributed by atoms with van der Waals surface area (Å²) < 4.78 is 31.7. The largest absolute Gasteiger partial charge is 0.195 e. The van der Waals surface area contributed by atoms with Gasteiger partial charge < -0.3 is 0 Å². The van der Waals surface area contributed by atoms with Crippen molar-refractivity contribution in [2.75, 3.05) is 0 Å². The fourth-order valence-corrected chi connectivity index (χ4v) is 9.18. The molecule has 5 heterocycles. The summed E-state index contributed by atoms with van der Waals surface area (Å²) >= 11 is 5.75. The molecular formula is C32H14F2N2S4. The van der Waals surface area contributed by atoms with Crippen molar-refractivity contribution in [2.24, 2.45) is 0 Å². The van der Waals surface area contributed by atoms with Gasteiger partial charge in [-0.05, 0) is 128 Å². The van der Waals surface area contributed by atoms with Crippen molar-refractivity contribution in [2.45, 2.75) is 0 Å². The summed E-state index contributed by atoms with van der Waals surface area (Å²) in [5, 5.41) is 17.5. The molecule has 0 amide bonds. The first-order valence-corrected chi connectivity index (χ1v) is 15.8. The number of fused-ring (bicyclic) bond motifs is 6. The van der Waals surface area contributed by atoms with Gasteiger partial charge in [0.2, 0.25) is 0 Å². The highest BCUT2D eigenvalue weighted by atomic mass is 32.1. The minimum absolute atomic E-state index is 0.154. The second kappa shape index (κ2) is 8.34. The van der Waals surface area contributed by atoms with Crippen LogP contribution >= 0.6 is 45.3 Å². The molecule has 9 aromatic rings. The van der Waals surface area contributed by atoms with Crippen LogP contribution in [0.5, 0.6) is 0 Å². The fraction of sp³-hybridized carbons (Fsp3) is 0. The van der Waals surface area contributed by atoms with Crippen molar-refractivity contribution >= 4 is 107 Å². The van der Waals surface area contributed by atoms with Gasteiger partial charge in [0, 0.05) is 18.8 Å². The van der Waals surface area contributed by atoms with Crippen LogP contribution in [-0.2, 0) is 0 Å². The maximum Gasteiger partial charge on any atom is 0.177 e. The van der Waals surface area contributed by atoms with Crippen LogP contribution in [0.25, 0.3) is 83.0 Å². The number of hydrogen-bond acceptors (Lipinski definition) is 6. The average Bonchev–Trinajstić information content (AvgIpc) is 3.71. The van der Waals surface area contributed by atoms with Crippen LogP contribution in [0.1, 0.15) is 0 Å². The van der Waals surface area contributed by atoms with Gasteiger partial charge in [0.25, 0.3) is 0 Å². The third-order valence-electron chi connectivity index (χ3n) is 7.33. The van der Waals surface area contributed by atoms with E-state index in [0.29, 0.717) is 0 Å². The molecule has 0 aliphatic carbocycles. The summed E-state index contributed by atoms with van der Waals surface area (Å²) in [4.78, 5) is 2.13. The van der Waals surface area contributed by atoms with Gasteiger partial charge in [0.15, 0.2) is 10.3 Å². The Morgan fingerprint density at radius 3 is 1.10 bits per heavy atom. The van der Waals surface area contributed by atoms with Gasteiger partial charge in [-0.1, -0.05) is 0 Å². The van der Waals surface area contributed by atoms with E-state index >= 15 is 0 Å². The standard InChI is InChI=1S/C32H14F2N2S4/c33-31-13-21-5-17-7-25-19(3-15(17)9-27(21)39-31)11-29(37-25)23-1-2-24(36-35-23)30-12-20-4-16-10-28-22(14-32(34)40-28)6-18(16)8-26(20)38-30/h1-14H. The maximum absolute atomic E-state index is 13.7.